The molecule has 2 aromatic rings. The third-order valence-corrected chi connectivity index (χ3v) is 4.46. The number of rotatable bonds is 4. The van der Waals surface area contributed by atoms with Crippen LogP contribution in [0.15, 0.2) is 48.0 Å². The summed E-state index contributed by atoms with van der Waals surface area (Å²) < 4.78 is 5.01. The summed E-state index contributed by atoms with van der Waals surface area (Å²) in [5.41, 5.74) is -0.221. The Labute approximate surface area is 169 Å². The molecule has 10 heteroatoms. The van der Waals surface area contributed by atoms with Gasteiger partial charge in [-0.05, 0) is 54.7 Å². The number of nitro groups is 1. The highest BCUT2D eigenvalue weighted by Crippen LogP contribution is 2.33. The first-order valence-corrected chi connectivity index (χ1v) is 8.60. The van der Waals surface area contributed by atoms with E-state index >= 15 is 0 Å². The Hall–Kier alpha value is -3.30. The van der Waals surface area contributed by atoms with E-state index in [0.717, 1.165) is 11.0 Å². The monoisotopic (exact) mass is 417 g/mol. The topological polar surface area (TPSA) is 102 Å². The fourth-order valence-electron chi connectivity index (χ4n) is 2.65. The first kappa shape index (κ1) is 19.5. The number of nitro benzene ring substituents is 1. The maximum absolute atomic E-state index is 12.9. The lowest BCUT2D eigenvalue weighted by molar-refractivity contribution is -0.386. The second-order valence-electron chi connectivity index (χ2n) is 5.59. The number of hydrogen-bond acceptors (Lipinski definition) is 6. The number of benzene rings is 2. The Morgan fingerprint density at radius 3 is 2.50 bits per heavy atom. The van der Waals surface area contributed by atoms with Crippen molar-refractivity contribution in [2.24, 2.45) is 0 Å². The average molecular weight is 418 g/mol. The molecule has 0 unspecified atom stereocenters. The van der Waals surface area contributed by atoms with Crippen molar-refractivity contribution in [2.45, 2.75) is 0 Å². The van der Waals surface area contributed by atoms with Crippen LogP contribution in [0.5, 0.6) is 5.75 Å². The van der Waals surface area contributed by atoms with Gasteiger partial charge in [-0.1, -0.05) is 17.7 Å². The minimum absolute atomic E-state index is 0.00750. The number of anilines is 1. The van der Waals surface area contributed by atoms with Crippen LogP contribution in [0.4, 0.5) is 11.4 Å². The van der Waals surface area contributed by atoms with Crippen LogP contribution in [0.1, 0.15) is 5.56 Å². The first-order chi connectivity index (χ1) is 13.3. The van der Waals surface area contributed by atoms with Gasteiger partial charge in [-0.15, -0.1) is 0 Å². The van der Waals surface area contributed by atoms with E-state index in [-0.39, 0.29) is 27.7 Å². The SMILES string of the molecule is COc1cccc(/C=C2\C(=O)NC(=S)N(c3ccc(Cl)cc3)C2=O)c1[N+](=O)[O-]. The smallest absolute Gasteiger partial charge is 0.318 e. The fourth-order valence-corrected chi connectivity index (χ4v) is 3.06. The van der Waals surface area contributed by atoms with E-state index in [1.807, 2.05) is 0 Å². The van der Waals surface area contributed by atoms with E-state index in [4.69, 9.17) is 28.6 Å². The van der Waals surface area contributed by atoms with Crippen LogP contribution in [0.3, 0.4) is 0 Å². The van der Waals surface area contributed by atoms with Gasteiger partial charge in [-0.2, -0.15) is 0 Å². The maximum Gasteiger partial charge on any atom is 0.318 e. The molecule has 0 bridgehead atoms. The van der Waals surface area contributed by atoms with Gasteiger partial charge in [0.25, 0.3) is 11.8 Å². The van der Waals surface area contributed by atoms with E-state index in [2.05, 4.69) is 5.32 Å². The molecule has 0 aromatic heterocycles. The molecule has 1 aliphatic heterocycles. The lowest BCUT2D eigenvalue weighted by Crippen LogP contribution is -2.54. The van der Waals surface area contributed by atoms with Crippen molar-refractivity contribution in [3.8, 4) is 5.75 Å². The Bertz CT molecular complexity index is 1040. The Balaban J connectivity index is 2.10. The van der Waals surface area contributed by atoms with Gasteiger partial charge in [0.2, 0.25) is 0 Å². The van der Waals surface area contributed by atoms with Crippen LogP contribution >= 0.6 is 23.8 Å². The van der Waals surface area contributed by atoms with Crippen LogP contribution in [-0.4, -0.2) is 29.0 Å². The number of carbonyl (C=O) groups excluding carboxylic acids is 2. The van der Waals surface area contributed by atoms with Crippen molar-refractivity contribution in [3.63, 3.8) is 0 Å². The van der Waals surface area contributed by atoms with Gasteiger partial charge in [0.15, 0.2) is 10.9 Å². The summed E-state index contributed by atoms with van der Waals surface area (Å²) in [6.07, 6.45) is 1.14. The average Bonchev–Trinajstić information content (AvgIpc) is 2.66. The predicted molar refractivity (Wildman–Crippen MR) is 107 cm³/mol. The van der Waals surface area contributed by atoms with Crippen molar-refractivity contribution in [1.82, 2.24) is 5.32 Å². The maximum atomic E-state index is 12.9. The highest BCUT2D eigenvalue weighted by molar-refractivity contribution is 7.80. The highest BCUT2D eigenvalue weighted by Gasteiger charge is 2.35. The van der Waals surface area contributed by atoms with E-state index in [1.54, 1.807) is 24.3 Å². The molecule has 0 spiro atoms. The molecule has 0 atom stereocenters. The summed E-state index contributed by atoms with van der Waals surface area (Å²) in [6.45, 7) is 0. The molecular formula is C18H12ClN3O5S. The third-order valence-electron chi connectivity index (χ3n) is 3.92. The van der Waals surface area contributed by atoms with Crippen molar-refractivity contribution in [2.75, 3.05) is 12.0 Å². The van der Waals surface area contributed by atoms with Gasteiger partial charge in [0.05, 0.1) is 23.3 Å². The zero-order chi connectivity index (χ0) is 20.4. The standard InChI is InChI=1S/C18H12ClN3O5S/c1-27-14-4-2-3-10(15(14)22(25)26)9-13-16(23)20-18(28)21(17(13)24)12-7-5-11(19)6-8-12/h2-9H,1H3,(H,20,23,28)/b13-9+. The molecule has 2 amide bonds. The summed E-state index contributed by atoms with van der Waals surface area (Å²) in [6, 6.07) is 10.6. The number of amides is 2. The van der Waals surface area contributed by atoms with Crippen LogP contribution in [0.2, 0.25) is 5.02 Å². The normalized spacial score (nSPS) is 15.6. The Morgan fingerprint density at radius 1 is 1.21 bits per heavy atom. The second kappa shape index (κ2) is 7.75. The number of methoxy groups -OCH3 is 1. The molecule has 2 aromatic carbocycles. The molecule has 3 rings (SSSR count). The summed E-state index contributed by atoms with van der Waals surface area (Å²) in [5.74, 6) is -1.46. The molecule has 8 nitrogen and oxygen atoms in total. The molecule has 1 heterocycles. The van der Waals surface area contributed by atoms with Gasteiger partial charge in [0.1, 0.15) is 5.57 Å². The van der Waals surface area contributed by atoms with Gasteiger partial charge in [-0.3, -0.25) is 29.9 Å². The van der Waals surface area contributed by atoms with E-state index < -0.39 is 16.7 Å². The zero-order valence-corrected chi connectivity index (χ0v) is 15.9. The number of thiocarbonyl (C=S) groups is 1. The lowest BCUT2D eigenvalue weighted by Gasteiger charge is -2.28. The van der Waals surface area contributed by atoms with Gasteiger partial charge in [0, 0.05) is 5.02 Å². The number of ether oxygens (including phenoxy) is 1. The fraction of sp³-hybridized carbons (Fsp3) is 0.0556. The Morgan fingerprint density at radius 2 is 1.89 bits per heavy atom. The molecule has 0 saturated carbocycles. The molecule has 1 aliphatic rings. The van der Waals surface area contributed by atoms with Crippen LogP contribution < -0.4 is 15.0 Å². The zero-order valence-electron chi connectivity index (χ0n) is 14.3. The van der Waals surface area contributed by atoms with E-state index in [1.165, 1.54) is 25.3 Å². The summed E-state index contributed by atoms with van der Waals surface area (Å²) in [7, 11) is 1.29. The molecule has 1 saturated heterocycles. The minimum atomic E-state index is -0.752. The number of nitrogens with one attached hydrogen (secondary N) is 1. The molecule has 28 heavy (non-hydrogen) atoms. The summed E-state index contributed by atoms with van der Waals surface area (Å²) in [4.78, 5) is 37.2. The van der Waals surface area contributed by atoms with Crippen molar-refractivity contribution < 1.29 is 19.2 Å². The number of nitrogens with zero attached hydrogens (tertiary/aromatic N) is 2. The molecule has 1 fully saturated rings. The molecular weight excluding hydrogens is 406 g/mol. The highest BCUT2D eigenvalue weighted by atomic mass is 35.5. The molecule has 1 N–H and O–H groups in total. The number of para-hydroxylation sites is 1. The third kappa shape index (κ3) is 3.57. The lowest BCUT2D eigenvalue weighted by atomic mass is 10.0. The quantitative estimate of drug-likeness (QED) is 0.269. The van der Waals surface area contributed by atoms with Crippen molar-refractivity contribution >= 4 is 58.2 Å². The number of hydrogen-bond donors (Lipinski definition) is 1. The van der Waals surface area contributed by atoms with Gasteiger partial charge in [-0.25, -0.2) is 0 Å². The number of halogens is 1. The van der Waals surface area contributed by atoms with Crippen LogP contribution in [0.25, 0.3) is 6.08 Å². The molecule has 0 aliphatic carbocycles. The predicted octanol–water partition coefficient (Wildman–Crippen LogP) is 3.09. The van der Waals surface area contributed by atoms with Crippen LogP contribution in [-0.2, 0) is 9.59 Å². The van der Waals surface area contributed by atoms with Crippen LogP contribution in [0, 0.1) is 10.1 Å². The Kier molecular flexibility index (Phi) is 5.39. The van der Waals surface area contributed by atoms with Gasteiger partial charge < -0.3 is 4.74 Å². The van der Waals surface area contributed by atoms with Crippen molar-refractivity contribution in [1.29, 1.82) is 0 Å². The van der Waals surface area contributed by atoms with E-state index in [9.17, 15) is 19.7 Å². The molecule has 142 valence electrons. The first-order valence-electron chi connectivity index (χ1n) is 7.82. The second-order valence-corrected chi connectivity index (χ2v) is 6.41. The minimum Gasteiger partial charge on any atom is -0.490 e. The summed E-state index contributed by atoms with van der Waals surface area (Å²) >= 11 is 11.0. The molecule has 0 radical (unpaired) electrons. The van der Waals surface area contributed by atoms with E-state index in [0.29, 0.717) is 10.7 Å². The largest absolute Gasteiger partial charge is 0.490 e. The summed E-state index contributed by atoms with van der Waals surface area (Å²) in [5, 5.41) is 14.2. The number of carbonyl (C=O) groups is 2. The van der Waals surface area contributed by atoms with Gasteiger partial charge >= 0.3 is 5.69 Å². The van der Waals surface area contributed by atoms with Crippen molar-refractivity contribution in [3.05, 3.63) is 68.7 Å².